The number of rotatable bonds is 4. The van der Waals surface area contributed by atoms with Gasteiger partial charge in [-0.1, -0.05) is 48.5 Å². The van der Waals surface area contributed by atoms with Crippen molar-refractivity contribution in [3.63, 3.8) is 0 Å². The van der Waals surface area contributed by atoms with Crippen LogP contribution in [0.25, 0.3) is 21.5 Å². The molecule has 6 nitrogen and oxygen atoms in total. The molecule has 4 aromatic rings. The molecule has 4 rings (SSSR count). The highest BCUT2D eigenvalue weighted by atomic mass is 16.7. The first kappa shape index (κ1) is 18.3. The van der Waals surface area contributed by atoms with Crippen LogP contribution in [0, 0.1) is 0 Å². The molecular formula is C23H16O6. The lowest BCUT2D eigenvalue weighted by molar-refractivity contribution is -0.0165. The maximum Gasteiger partial charge on any atom is 0.341 e. The first-order valence-corrected chi connectivity index (χ1v) is 8.81. The smallest absolute Gasteiger partial charge is 0.341 e. The van der Waals surface area contributed by atoms with E-state index in [0.717, 1.165) is 0 Å². The van der Waals surface area contributed by atoms with Gasteiger partial charge in [0.1, 0.15) is 11.5 Å². The van der Waals surface area contributed by atoms with Crippen LogP contribution in [0.2, 0.25) is 0 Å². The summed E-state index contributed by atoms with van der Waals surface area (Å²) in [5.74, 6) is -1.60. The second kappa shape index (κ2) is 7.52. The number of hydrogen-bond acceptors (Lipinski definition) is 6. The third kappa shape index (κ3) is 3.68. The first-order valence-electron chi connectivity index (χ1n) is 8.81. The first-order chi connectivity index (χ1) is 14.0. The lowest BCUT2D eigenvalue weighted by Gasteiger charge is -2.10. The van der Waals surface area contributed by atoms with Crippen LogP contribution in [0.3, 0.4) is 0 Å². The van der Waals surface area contributed by atoms with Crippen LogP contribution in [-0.2, 0) is 9.47 Å². The van der Waals surface area contributed by atoms with Gasteiger partial charge in [0.2, 0.25) is 6.79 Å². The van der Waals surface area contributed by atoms with Gasteiger partial charge in [-0.15, -0.1) is 0 Å². The summed E-state index contributed by atoms with van der Waals surface area (Å²) in [5, 5.41) is 22.3. The van der Waals surface area contributed by atoms with Crippen molar-refractivity contribution >= 4 is 33.5 Å². The number of esters is 2. The molecule has 0 saturated carbocycles. The lowest BCUT2D eigenvalue weighted by atomic mass is 10.0. The van der Waals surface area contributed by atoms with Crippen LogP contribution < -0.4 is 0 Å². The van der Waals surface area contributed by atoms with E-state index >= 15 is 0 Å². The number of phenolic OH excluding ortho intramolecular Hbond substituents is 2. The molecule has 0 aromatic heterocycles. The van der Waals surface area contributed by atoms with Crippen molar-refractivity contribution < 1.29 is 29.3 Å². The van der Waals surface area contributed by atoms with Crippen LogP contribution in [0.5, 0.6) is 11.5 Å². The maximum atomic E-state index is 12.4. The normalized spacial score (nSPS) is 10.8. The van der Waals surface area contributed by atoms with E-state index in [2.05, 4.69) is 0 Å². The van der Waals surface area contributed by atoms with Crippen molar-refractivity contribution in [2.24, 2.45) is 0 Å². The molecule has 29 heavy (non-hydrogen) atoms. The Kier molecular flexibility index (Phi) is 4.75. The zero-order valence-corrected chi connectivity index (χ0v) is 15.2. The Morgan fingerprint density at radius 2 is 1.07 bits per heavy atom. The SMILES string of the molecule is O=C(OCOC(=O)c1cc(O)cc2ccccc12)c1cc(O)cc2ccccc12. The van der Waals surface area contributed by atoms with Gasteiger partial charge in [-0.2, -0.15) is 0 Å². The van der Waals surface area contributed by atoms with Gasteiger partial charge in [0.25, 0.3) is 0 Å². The minimum Gasteiger partial charge on any atom is -0.508 e. The van der Waals surface area contributed by atoms with Gasteiger partial charge in [0.05, 0.1) is 11.1 Å². The van der Waals surface area contributed by atoms with E-state index in [1.165, 1.54) is 12.1 Å². The van der Waals surface area contributed by atoms with Crippen molar-refractivity contribution in [3.8, 4) is 11.5 Å². The molecule has 0 aliphatic carbocycles. The molecule has 0 heterocycles. The zero-order valence-electron chi connectivity index (χ0n) is 15.2. The molecule has 0 unspecified atom stereocenters. The molecule has 0 fully saturated rings. The van der Waals surface area contributed by atoms with Crippen LogP contribution in [0.4, 0.5) is 0 Å². The molecule has 0 spiro atoms. The number of hydrogen-bond donors (Lipinski definition) is 2. The predicted octanol–water partition coefficient (Wildman–Crippen LogP) is 4.38. The van der Waals surface area contributed by atoms with E-state index in [1.807, 2.05) is 0 Å². The average molecular weight is 388 g/mol. The van der Waals surface area contributed by atoms with Gasteiger partial charge in [-0.3, -0.25) is 0 Å². The molecular weight excluding hydrogens is 372 g/mol. The largest absolute Gasteiger partial charge is 0.508 e. The van der Waals surface area contributed by atoms with Gasteiger partial charge >= 0.3 is 11.9 Å². The number of fused-ring (bicyclic) bond motifs is 2. The summed E-state index contributed by atoms with van der Waals surface area (Å²) in [6.07, 6.45) is 0. The molecule has 0 bridgehead atoms. The Balaban J connectivity index is 1.50. The summed E-state index contributed by atoms with van der Waals surface area (Å²) in [5.41, 5.74) is 0.332. The standard InChI is InChI=1S/C23H16O6/c24-16-9-14-5-1-3-7-18(14)20(11-16)22(26)28-13-29-23(27)21-12-17(25)10-15-6-2-4-8-19(15)21/h1-12,24-25H,13H2. The van der Waals surface area contributed by atoms with Gasteiger partial charge in [0.15, 0.2) is 0 Å². The summed E-state index contributed by atoms with van der Waals surface area (Å²) in [7, 11) is 0. The Hall–Kier alpha value is -4.06. The van der Waals surface area contributed by atoms with Gasteiger partial charge in [-0.25, -0.2) is 9.59 Å². The molecule has 0 amide bonds. The Labute approximate surface area is 165 Å². The summed E-state index contributed by atoms with van der Waals surface area (Å²) >= 11 is 0. The average Bonchev–Trinajstić information content (AvgIpc) is 2.72. The third-order valence-corrected chi connectivity index (χ3v) is 4.51. The molecule has 4 aromatic carbocycles. The molecule has 0 aliphatic rings. The number of phenols is 2. The number of carbonyl (C=O) groups excluding carboxylic acids is 2. The van der Waals surface area contributed by atoms with Gasteiger partial charge < -0.3 is 19.7 Å². The second-order valence-electron chi connectivity index (χ2n) is 6.41. The third-order valence-electron chi connectivity index (χ3n) is 4.51. The summed E-state index contributed by atoms with van der Waals surface area (Å²) < 4.78 is 10.1. The predicted molar refractivity (Wildman–Crippen MR) is 107 cm³/mol. The minimum absolute atomic E-state index is 0.0705. The van der Waals surface area contributed by atoms with Crippen molar-refractivity contribution in [2.45, 2.75) is 0 Å². The van der Waals surface area contributed by atoms with Crippen molar-refractivity contribution in [1.29, 1.82) is 0 Å². The second-order valence-corrected chi connectivity index (χ2v) is 6.41. The molecule has 0 atom stereocenters. The van der Waals surface area contributed by atoms with E-state index < -0.39 is 18.7 Å². The molecule has 144 valence electrons. The molecule has 0 saturated heterocycles. The fraction of sp³-hybridized carbons (Fsp3) is 0.0435. The van der Waals surface area contributed by atoms with E-state index in [-0.39, 0.29) is 22.6 Å². The van der Waals surface area contributed by atoms with E-state index in [1.54, 1.807) is 60.7 Å². The number of aromatic hydroxyl groups is 2. The summed E-state index contributed by atoms with van der Waals surface area (Å²) in [4.78, 5) is 24.9. The van der Waals surface area contributed by atoms with Crippen molar-refractivity contribution in [2.75, 3.05) is 6.79 Å². The maximum absolute atomic E-state index is 12.4. The number of ether oxygens (including phenoxy) is 2. The van der Waals surface area contributed by atoms with E-state index in [4.69, 9.17) is 9.47 Å². The van der Waals surface area contributed by atoms with Gasteiger partial charge in [0, 0.05) is 0 Å². The van der Waals surface area contributed by atoms with Crippen molar-refractivity contribution in [1.82, 2.24) is 0 Å². The Bertz CT molecular complexity index is 1150. The van der Waals surface area contributed by atoms with Crippen LogP contribution >= 0.6 is 0 Å². The molecule has 2 N–H and O–H groups in total. The minimum atomic E-state index is -0.731. The van der Waals surface area contributed by atoms with E-state index in [9.17, 15) is 19.8 Å². The highest BCUT2D eigenvalue weighted by Crippen LogP contribution is 2.26. The van der Waals surface area contributed by atoms with Gasteiger partial charge in [-0.05, 0) is 45.8 Å². The Morgan fingerprint density at radius 3 is 1.52 bits per heavy atom. The quantitative estimate of drug-likeness (QED) is 0.398. The highest BCUT2D eigenvalue weighted by Gasteiger charge is 2.16. The summed E-state index contributed by atoms with van der Waals surface area (Å²) in [6, 6.07) is 19.8. The fourth-order valence-corrected chi connectivity index (χ4v) is 3.22. The van der Waals surface area contributed by atoms with Crippen molar-refractivity contribution in [3.05, 3.63) is 83.9 Å². The number of benzene rings is 4. The number of carbonyl (C=O) groups is 2. The fourth-order valence-electron chi connectivity index (χ4n) is 3.22. The monoisotopic (exact) mass is 388 g/mol. The molecule has 0 aliphatic heterocycles. The molecule has 0 radical (unpaired) electrons. The highest BCUT2D eigenvalue weighted by molar-refractivity contribution is 6.06. The Morgan fingerprint density at radius 1 is 0.655 bits per heavy atom. The summed E-state index contributed by atoms with van der Waals surface area (Å²) in [6.45, 7) is -0.606. The van der Waals surface area contributed by atoms with E-state index in [0.29, 0.717) is 21.5 Å². The molecule has 6 heteroatoms. The van der Waals surface area contributed by atoms with Crippen LogP contribution in [-0.4, -0.2) is 28.9 Å². The zero-order chi connectivity index (χ0) is 20.4. The topological polar surface area (TPSA) is 93.1 Å². The van der Waals surface area contributed by atoms with Crippen LogP contribution in [0.1, 0.15) is 20.7 Å². The van der Waals surface area contributed by atoms with Crippen LogP contribution in [0.15, 0.2) is 72.8 Å². The lowest BCUT2D eigenvalue weighted by Crippen LogP contribution is -2.13.